The molecule has 43 heavy (non-hydrogen) atoms. The molecule has 0 radical (unpaired) electrons. The molecule has 2 aromatic heterocycles. The van der Waals surface area contributed by atoms with Crippen molar-refractivity contribution in [2.24, 2.45) is 9.98 Å². The number of hydrogen-bond donors (Lipinski definition) is 0. The van der Waals surface area contributed by atoms with Gasteiger partial charge in [-0.1, -0.05) is 99.9 Å². The van der Waals surface area contributed by atoms with E-state index in [0.29, 0.717) is 0 Å². The summed E-state index contributed by atoms with van der Waals surface area (Å²) in [6, 6.07) is 12.2. The van der Waals surface area contributed by atoms with Crippen LogP contribution in [0.3, 0.4) is 0 Å². The average Bonchev–Trinajstić information content (AvgIpc) is 3.09. The summed E-state index contributed by atoms with van der Waals surface area (Å²) in [5, 5.41) is 0. The third-order valence-electron chi connectivity index (χ3n) is 5.57. The lowest BCUT2D eigenvalue weighted by molar-refractivity contribution is 0.212. The topological polar surface area (TPSA) is 57.0 Å². The number of aliphatic imine (C=N–C) groups is 2. The Kier molecular flexibility index (Phi) is 31.3. The molecule has 0 bridgehead atoms. The van der Waals surface area contributed by atoms with Crippen LogP contribution < -0.4 is 0 Å². The molecule has 0 fully saturated rings. The van der Waals surface area contributed by atoms with Crippen molar-refractivity contribution >= 4 is 11.4 Å². The maximum Gasteiger partial charge on any atom is 0.0544 e. The SMILES string of the molecule is C1=CC(CN(CCN(Cc2ccccn2)Cc2ccccn2)CC2=NCCC=C2)=NCC1.CC.CC.CC.CC.CCC. The van der Waals surface area contributed by atoms with Crippen LogP contribution >= 0.6 is 0 Å². The fraction of sp³-hybridized carbons (Fsp3) is 0.568. The van der Waals surface area contributed by atoms with Gasteiger partial charge in [-0.2, -0.15) is 0 Å². The van der Waals surface area contributed by atoms with Crippen LogP contribution in [0.25, 0.3) is 0 Å². The standard InChI is InChI=1S/C26H32N6.C3H8.4C2H6/c1-5-13-27-23(9-1)19-31(20-24-10-2-6-14-28-24)17-18-32(21-25-11-3-7-15-29-25)22-26-12-4-8-16-30-26;1-3-2;4*1-2/h1-6,9-14H,7-8,15-22H2;3H2,1-2H3;4*1-2H3. The zero-order valence-electron chi connectivity index (χ0n) is 29.4. The summed E-state index contributed by atoms with van der Waals surface area (Å²) in [4.78, 5) is 23.4. The van der Waals surface area contributed by atoms with Gasteiger partial charge in [0.05, 0.1) is 11.4 Å². The first-order chi connectivity index (χ1) is 21.3. The van der Waals surface area contributed by atoms with E-state index in [0.717, 1.165) is 88.0 Å². The minimum absolute atomic E-state index is 0.799. The van der Waals surface area contributed by atoms with Crippen molar-refractivity contribution in [3.63, 3.8) is 0 Å². The van der Waals surface area contributed by atoms with E-state index in [1.165, 1.54) is 6.42 Å². The second kappa shape index (κ2) is 32.0. The van der Waals surface area contributed by atoms with Crippen LogP contribution in [-0.4, -0.2) is 70.5 Å². The lowest BCUT2D eigenvalue weighted by Gasteiger charge is -2.28. The molecule has 6 heteroatoms. The third kappa shape index (κ3) is 21.4. The van der Waals surface area contributed by atoms with Crippen LogP contribution in [0.1, 0.15) is 99.9 Å². The van der Waals surface area contributed by atoms with Crippen LogP contribution in [0.2, 0.25) is 0 Å². The first kappa shape index (κ1) is 42.2. The van der Waals surface area contributed by atoms with Gasteiger partial charge >= 0.3 is 0 Å². The zero-order valence-corrected chi connectivity index (χ0v) is 29.4. The molecular weight excluding hydrogens is 528 g/mol. The normalized spacial score (nSPS) is 12.7. The molecule has 0 spiro atoms. The van der Waals surface area contributed by atoms with Gasteiger partial charge in [0.15, 0.2) is 0 Å². The lowest BCUT2D eigenvalue weighted by atomic mass is 10.2. The highest BCUT2D eigenvalue weighted by molar-refractivity contribution is 5.99. The summed E-state index contributed by atoms with van der Waals surface area (Å²) in [5.74, 6) is 0. The molecule has 2 aliphatic rings. The van der Waals surface area contributed by atoms with Crippen molar-refractivity contribution in [1.29, 1.82) is 0 Å². The Morgan fingerprint density at radius 1 is 0.558 bits per heavy atom. The Balaban J connectivity index is 0. The van der Waals surface area contributed by atoms with E-state index in [-0.39, 0.29) is 0 Å². The Morgan fingerprint density at radius 2 is 0.930 bits per heavy atom. The largest absolute Gasteiger partial charge is 0.290 e. The number of nitrogens with zero attached hydrogens (tertiary/aromatic N) is 6. The highest BCUT2D eigenvalue weighted by Crippen LogP contribution is 2.09. The van der Waals surface area contributed by atoms with E-state index in [1.807, 2.05) is 79.9 Å². The van der Waals surface area contributed by atoms with Gasteiger partial charge in [-0.3, -0.25) is 29.8 Å². The molecule has 2 aliphatic heterocycles. The van der Waals surface area contributed by atoms with Gasteiger partial charge in [-0.05, 0) is 49.3 Å². The van der Waals surface area contributed by atoms with Gasteiger partial charge in [0.25, 0.3) is 0 Å². The Morgan fingerprint density at radius 3 is 1.23 bits per heavy atom. The van der Waals surface area contributed by atoms with E-state index in [9.17, 15) is 0 Å². The summed E-state index contributed by atoms with van der Waals surface area (Å²) < 4.78 is 0. The fourth-order valence-corrected chi connectivity index (χ4v) is 3.93. The first-order valence-corrected chi connectivity index (χ1v) is 16.9. The van der Waals surface area contributed by atoms with E-state index in [2.05, 4.69) is 82.2 Å². The first-order valence-electron chi connectivity index (χ1n) is 16.9. The summed E-state index contributed by atoms with van der Waals surface area (Å²) in [7, 11) is 0. The summed E-state index contributed by atoms with van der Waals surface area (Å²) in [6.45, 7) is 27.2. The van der Waals surface area contributed by atoms with Gasteiger partial charge in [0, 0.05) is 76.2 Å². The van der Waals surface area contributed by atoms with Crippen molar-refractivity contribution in [2.45, 2.75) is 102 Å². The summed E-state index contributed by atoms with van der Waals surface area (Å²) in [5.41, 5.74) is 4.48. The second-order valence-corrected chi connectivity index (χ2v) is 8.90. The Hall–Kier alpha value is -2.96. The maximum absolute atomic E-state index is 4.72. The van der Waals surface area contributed by atoms with Crippen molar-refractivity contribution in [1.82, 2.24) is 19.8 Å². The predicted molar refractivity (Wildman–Crippen MR) is 193 cm³/mol. The maximum atomic E-state index is 4.72. The molecule has 0 unspecified atom stereocenters. The molecule has 4 rings (SSSR count). The molecule has 6 nitrogen and oxygen atoms in total. The van der Waals surface area contributed by atoms with Gasteiger partial charge in [-0.25, -0.2) is 0 Å². The van der Waals surface area contributed by atoms with Crippen LogP contribution in [0.4, 0.5) is 0 Å². The second-order valence-electron chi connectivity index (χ2n) is 8.90. The summed E-state index contributed by atoms with van der Waals surface area (Å²) >= 11 is 0. The molecular formula is C37H64N6. The van der Waals surface area contributed by atoms with E-state index < -0.39 is 0 Å². The number of hydrogen-bond acceptors (Lipinski definition) is 6. The van der Waals surface area contributed by atoms with Crippen molar-refractivity contribution in [3.8, 4) is 0 Å². The number of pyridine rings is 2. The van der Waals surface area contributed by atoms with E-state index in [4.69, 9.17) is 9.98 Å². The molecule has 0 atom stereocenters. The molecule has 242 valence electrons. The highest BCUT2D eigenvalue weighted by Gasteiger charge is 2.15. The van der Waals surface area contributed by atoms with Crippen molar-refractivity contribution < 1.29 is 0 Å². The molecule has 0 amide bonds. The average molecular weight is 593 g/mol. The molecule has 4 heterocycles. The monoisotopic (exact) mass is 593 g/mol. The van der Waals surface area contributed by atoms with Gasteiger partial charge in [0.2, 0.25) is 0 Å². The molecule has 2 aromatic rings. The van der Waals surface area contributed by atoms with Crippen LogP contribution in [0, 0.1) is 0 Å². The number of aromatic nitrogens is 2. The molecule has 0 aromatic carbocycles. The lowest BCUT2D eigenvalue weighted by Crippen LogP contribution is -2.40. The Labute approximate surface area is 266 Å². The smallest absolute Gasteiger partial charge is 0.0544 e. The molecule has 0 saturated carbocycles. The number of dihydropyridines is 2. The highest BCUT2D eigenvalue weighted by atomic mass is 15.2. The quantitative estimate of drug-likeness (QED) is 0.261. The minimum atomic E-state index is 0.799. The molecule has 0 aliphatic carbocycles. The predicted octanol–water partition coefficient (Wildman–Crippen LogP) is 9.10. The minimum Gasteiger partial charge on any atom is -0.290 e. The van der Waals surface area contributed by atoms with Gasteiger partial charge < -0.3 is 0 Å². The van der Waals surface area contributed by atoms with Crippen LogP contribution in [0.15, 0.2) is 83.1 Å². The molecule has 0 saturated heterocycles. The van der Waals surface area contributed by atoms with Gasteiger partial charge in [0.1, 0.15) is 0 Å². The number of rotatable bonds is 11. The van der Waals surface area contributed by atoms with Crippen molar-refractivity contribution in [3.05, 3.63) is 84.5 Å². The van der Waals surface area contributed by atoms with E-state index in [1.54, 1.807) is 0 Å². The Bertz CT molecular complexity index is 892. The third-order valence-corrected chi connectivity index (χ3v) is 5.57. The van der Waals surface area contributed by atoms with Gasteiger partial charge in [-0.15, -0.1) is 0 Å². The zero-order chi connectivity index (χ0) is 32.6. The summed E-state index contributed by atoms with van der Waals surface area (Å²) in [6.07, 6.45) is 15.9. The fourth-order valence-electron chi connectivity index (χ4n) is 3.93. The van der Waals surface area contributed by atoms with Crippen molar-refractivity contribution in [2.75, 3.05) is 39.3 Å². The molecule has 0 N–H and O–H groups in total. The van der Waals surface area contributed by atoms with Crippen LogP contribution in [-0.2, 0) is 13.1 Å². The van der Waals surface area contributed by atoms with E-state index >= 15 is 0 Å². The van der Waals surface area contributed by atoms with Crippen LogP contribution in [0.5, 0.6) is 0 Å².